The number of benzene rings is 2. The van der Waals surface area contributed by atoms with Crippen LogP contribution >= 0.6 is 0 Å². The van der Waals surface area contributed by atoms with E-state index in [0.29, 0.717) is 34.5 Å². The van der Waals surface area contributed by atoms with E-state index in [2.05, 4.69) is 31.7 Å². The van der Waals surface area contributed by atoms with Crippen LogP contribution in [0.4, 0.5) is 0 Å². The first kappa shape index (κ1) is 32.2. The van der Waals surface area contributed by atoms with Crippen molar-refractivity contribution < 1.29 is 29.3 Å². The highest BCUT2D eigenvalue weighted by molar-refractivity contribution is 6.14. The number of hydrogen-bond acceptors (Lipinski definition) is 6. The summed E-state index contributed by atoms with van der Waals surface area (Å²) in [7, 11) is 2.91. The van der Waals surface area contributed by atoms with Crippen molar-refractivity contribution in [2.24, 2.45) is 23.2 Å². The SMILES string of the molecule is C=C1C=CC(C(C)CC=CC(C)(C)C(C(=O)C=Cc2ccc(O)c(OC)c2)C(=O)C=Cc2ccc(O)c(OC)c2)CC1. The Kier molecular flexibility index (Phi) is 11.1. The molecule has 42 heavy (non-hydrogen) atoms. The Bertz CT molecular complexity index is 1330. The Balaban J connectivity index is 1.86. The summed E-state index contributed by atoms with van der Waals surface area (Å²) in [6.07, 6.45) is 17.4. The second-order valence-electron chi connectivity index (χ2n) is 11.4. The van der Waals surface area contributed by atoms with Crippen LogP contribution in [-0.2, 0) is 9.59 Å². The van der Waals surface area contributed by atoms with E-state index < -0.39 is 11.3 Å². The molecular weight excluding hydrogens is 528 g/mol. The molecule has 1 aliphatic rings. The minimum Gasteiger partial charge on any atom is -0.504 e. The number of methoxy groups -OCH3 is 2. The van der Waals surface area contributed by atoms with Crippen LogP contribution in [0, 0.1) is 23.2 Å². The minimum atomic E-state index is -0.979. The Labute approximate surface area is 249 Å². The van der Waals surface area contributed by atoms with Crippen molar-refractivity contribution in [1.82, 2.24) is 0 Å². The molecule has 0 heterocycles. The zero-order chi connectivity index (χ0) is 30.9. The van der Waals surface area contributed by atoms with E-state index in [1.165, 1.54) is 38.5 Å². The Morgan fingerprint density at radius 2 is 1.50 bits per heavy atom. The highest BCUT2D eigenvalue weighted by Gasteiger charge is 2.36. The Morgan fingerprint density at radius 3 is 1.95 bits per heavy atom. The van der Waals surface area contributed by atoms with Crippen LogP contribution < -0.4 is 9.47 Å². The number of ether oxygens (including phenoxy) is 2. The summed E-state index contributed by atoms with van der Waals surface area (Å²) in [4.78, 5) is 27.3. The topological polar surface area (TPSA) is 93.1 Å². The highest BCUT2D eigenvalue weighted by atomic mass is 16.5. The fourth-order valence-corrected chi connectivity index (χ4v) is 5.14. The molecule has 6 heteroatoms. The molecule has 222 valence electrons. The van der Waals surface area contributed by atoms with Crippen LogP contribution in [0.3, 0.4) is 0 Å². The zero-order valence-corrected chi connectivity index (χ0v) is 25.2. The summed E-state index contributed by atoms with van der Waals surface area (Å²) in [6.45, 7) is 10.1. The van der Waals surface area contributed by atoms with Gasteiger partial charge in [0.05, 0.1) is 20.1 Å². The molecule has 0 spiro atoms. The average molecular weight is 571 g/mol. The summed E-state index contributed by atoms with van der Waals surface area (Å²) in [5, 5.41) is 19.8. The lowest BCUT2D eigenvalue weighted by Gasteiger charge is -2.28. The Morgan fingerprint density at radius 1 is 0.976 bits per heavy atom. The number of ketones is 2. The van der Waals surface area contributed by atoms with Crippen molar-refractivity contribution >= 4 is 23.7 Å². The van der Waals surface area contributed by atoms with Gasteiger partial charge in [0.15, 0.2) is 34.6 Å². The van der Waals surface area contributed by atoms with Gasteiger partial charge >= 0.3 is 0 Å². The fourth-order valence-electron chi connectivity index (χ4n) is 5.14. The molecule has 2 aromatic rings. The van der Waals surface area contributed by atoms with Gasteiger partial charge in [-0.1, -0.05) is 81.5 Å². The van der Waals surface area contributed by atoms with Gasteiger partial charge in [-0.15, -0.1) is 0 Å². The van der Waals surface area contributed by atoms with Gasteiger partial charge in [0, 0.05) is 0 Å². The van der Waals surface area contributed by atoms with E-state index in [4.69, 9.17) is 9.47 Å². The van der Waals surface area contributed by atoms with Crippen LogP contribution in [0.15, 0.2) is 85.0 Å². The molecule has 0 aliphatic heterocycles. The van der Waals surface area contributed by atoms with Gasteiger partial charge in [-0.05, 0) is 84.1 Å². The van der Waals surface area contributed by atoms with E-state index in [0.717, 1.165) is 24.8 Å². The first-order valence-corrected chi connectivity index (χ1v) is 14.2. The predicted molar refractivity (Wildman–Crippen MR) is 169 cm³/mol. The van der Waals surface area contributed by atoms with Crippen LogP contribution in [0.5, 0.6) is 23.0 Å². The van der Waals surface area contributed by atoms with Crippen molar-refractivity contribution in [2.45, 2.75) is 40.0 Å². The minimum absolute atomic E-state index is 0.000761. The number of carbonyl (C=O) groups is 2. The molecule has 0 aromatic heterocycles. The number of aromatic hydroxyl groups is 2. The van der Waals surface area contributed by atoms with Crippen LogP contribution in [0.1, 0.15) is 51.2 Å². The second-order valence-corrected chi connectivity index (χ2v) is 11.4. The summed E-state index contributed by atoms with van der Waals surface area (Å²) in [5.41, 5.74) is 1.69. The summed E-state index contributed by atoms with van der Waals surface area (Å²) in [5.74, 6) is -0.186. The van der Waals surface area contributed by atoms with Crippen molar-refractivity contribution in [3.63, 3.8) is 0 Å². The third kappa shape index (κ3) is 8.59. The first-order valence-electron chi connectivity index (χ1n) is 14.2. The number of phenols is 2. The smallest absolute Gasteiger partial charge is 0.167 e. The molecule has 0 bridgehead atoms. The molecular formula is C36H42O6. The van der Waals surface area contributed by atoms with E-state index in [1.807, 2.05) is 19.9 Å². The van der Waals surface area contributed by atoms with E-state index in [9.17, 15) is 19.8 Å². The molecule has 0 amide bonds. The third-order valence-electron chi connectivity index (χ3n) is 7.76. The van der Waals surface area contributed by atoms with Gasteiger partial charge < -0.3 is 19.7 Å². The van der Waals surface area contributed by atoms with Gasteiger partial charge in [-0.3, -0.25) is 9.59 Å². The maximum absolute atomic E-state index is 13.6. The largest absolute Gasteiger partial charge is 0.504 e. The standard InChI is InChI=1S/C36H42O6/c1-24-9-15-28(16-10-24)25(2)8-7-21-36(3,4)35(31(39)19-13-26-11-17-29(37)33(22-26)41-5)32(40)20-14-27-12-18-30(38)34(23-27)42-6/h7,9,11-15,17-23,25,28,35,37-38H,1,8,10,16H2,2-6H3. The van der Waals surface area contributed by atoms with Gasteiger partial charge in [-0.2, -0.15) is 0 Å². The van der Waals surface area contributed by atoms with Crippen LogP contribution in [0.2, 0.25) is 0 Å². The quantitative estimate of drug-likeness (QED) is 0.145. The van der Waals surface area contributed by atoms with Crippen molar-refractivity contribution in [3.05, 3.63) is 96.1 Å². The number of allylic oxidation sites excluding steroid dienone is 7. The van der Waals surface area contributed by atoms with E-state index in [1.54, 1.807) is 36.4 Å². The van der Waals surface area contributed by atoms with E-state index in [-0.39, 0.29) is 23.1 Å². The van der Waals surface area contributed by atoms with Gasteiger partial charge in [0.2, 0.25) is 0 Å². The maximum atomic E-state index is 13.6. The molecule has 0 fully saturated rings. The molecule has 2 N–H and O–H groups in total. The van der Waals surface area contributed by atoms with Crippen molar-refractivity contribution in [2.75, 3.05) is 14.2 Å². The molecule has 6 nitrogen and oxygen atoms in total. The summed E-state index contributed by atoms with van der Waals surface area (Å²) in [6, 6.07) is 9.55. The van der Waals surface area contributed by atoms with E-state index >= 15 is 0 Å². The number of hydrogen-bond donors (Lipinski definition) is 2. The molecule has 2 atom stereocenters. The molecule has 0 saturated heterocycles. The highest BCUT2D eigenvalue weighted by Crippen LogP contribution is 2.34. The molecule has 2 unspecified atom stereocenters. The normalized spacial score (nSPS) is 17.2. The number of rotatable bonds is 13. The Hall–Kier alpha value is -4.32. The van der Waals surface area contributed by atoms with Gasteiger partial charge in [0.25, 0.3) is 0 Å². The maximum Gasteiger partial charge on any atom is 0.167 e. The monoisotopic (exact) mass is 570 g/mol. The zero-order valence-electron chi connectivity index (χ0n) is 25.2. The number of carbonyl (C=O) groups excluding carboxylic acids is 2. The summed E-state index contributed by atoms with van der Waals surface area (Å²) >= 11 is 0. The lowest BCUT2D eigenvalue weighted by Crippen LogP contribution is -2.34. The lowest BCUT2D eigenvalue weighted by molar-refractivity contribution is -0.130. The summed E-state index contributed by atoms with van der Waals surface area (Å²) < 4.78 is 10.3. The molecule has 2 aromatic carbocycles. The molecule has 1 aliphatic carbocycles. The fraction of sp³-hybridized carbons (Fsp3) is 0.333. The second kappa shape index (κ2) is 14.5. The van der Waals surface area contributed by atoms with Crippen LogP contribution in [0.25, 0.3) is 12.2 Å². The molecule has 0 saturated carbocycles. The van der Waals surface area contributed by atoms with Crippen molar-refractivity contribution in [3.8, 4) is 23.0 Å². The third-order valence-corrected chi connectivity index (χ3v) is 7.76. The molecule has 3 rings (SSSR count). The van der Waals surface area contributed by atoms with Gasteiger partial charge in [0.1, 0.15) is 0 Å². The number of phenolic OH excluding ortho intramolecular Hbond substituents is 2. The van der Waals surface area contributed by atoms with Gasteiger partial charge in [-0.25, -0.2) is 0 Å². The average Bonchev–Trinajstić information content (AvgIpc) is 2.96. The first-order chi connectivity index (χ1) is 19.9. The predicted octanol–water partition coefficient (Wildman–Crippen LogP) is 7.73. The van der Waals surface area contributed by atoms with Crippen LogP contribution in [-0.4, -0.2) is 36.0 Å². The lowest BCUT2D eigenvalue weighted by atomic mass is 9.73. The molecule has 0 radical (unpaired) electrons. The van der Waals surface area contributed by atoms with Crippen molar-refractivity contribution in [1.29, 1.82) is 0 Å².